The van der Waals surface area contributed by atoms with Crippen molar-refractivity contribution < 1.29 is 4.74 Å². The van der Waals surface area contributed by atoms with Gasteiger partial charge in [-0.25, -0.2) is 0 Å². The third kappa shape index (κ3) is 3.19. The maximum atomic E-state index is 5.92. The lowest BCUT2D eigenvalue weighted by Gasteiger charge is -2.10. The van der Waals surface area contributed by atoms with Gasteiger partial charge in [-0.05, 0) is 18.2 Å². The molecule has 88 valence electrons. The molecule has 0 spiro atoms. The molecule has 1 aromatic heterocycles. The minimum Gasteiger partial charge on any atom is -0.488 e. The topological polar surface area (TPSA) is 48.1 Å². The van der Waals surface area contributed by atoms with E-state index in [4.69, 9.17) is 22.1 Å². The summed E-state index contributed by atoms with van der Waals surface area (Å²) in [6, 6.07) is 9.29. The van der Waals surface area contributed by atoms with Crippen molar-refractivity contribution >= 4 is 11.6 Å². The highest BCUT2D eigenvalue weighted by Gasteiger charge is 2.03. The van der Waals surface area contributed by atoms with Gasteiger partial charge >= 0.3 is 0 Å². The zero-order valence-corrected chi connectivity index (χ0v) is 10.0. The highest BCUT2D eigenvalue weighted by molar-refractivity contribution is 6.30. The Labute approximate surface area is 105 Å². The molecule has 0 amide bonds. The molecule has 0 saturated heterocycles. The van der Waals surface area contributed by atoms with Gasteiger partial charge in [0.15, 0.2) is 0 Å². The fraction of sp³-hybridized carbons (Fsp3) is 0.154. The molecule has 0 atom stereocenters. The number of aromatic nitrogens is 1. The van der Waals surface area contributed by atoms with Gasteiger partial charge in [-0.1, -0.05) is 23.7 Å². The Morgan fingerprint density at radius 3 is 2.88 bits per heavy atom. The zero-order chi connectivity index (χ0) is 12.1. The zero-order valence-electron chi connectivity index (χ0n) is 9.27. The van der Waals surface area contributed by atoms with Gasteiger partial charge in [0, 0.05) is 35.1 Å². The normalized spacial score (nSPS) is 10.2. The van der Waals surface area contributed by atoms with Crippen LogP contribution in [0.1, 0.15) is 11.1 Å². The Hall–Kier alpha value is -1.58. The van der Waals surface area contributed by atoms with Crippen molar-refractivity contribution in [3.8, 4) is 5.75 Å². The van der Waals surface area contributed by atoms with E-state index in [0.717, 1.165) is 16.9 Å². The van der Waals surface area contributed by atoms with Gasteiger partial charge in [0.05, 0.1) is 0 Å². The maximum absolute atomic E-state index is 5.92. The molecule has 0 aliphatic heterocycles. The molecule has 1 aromatic carbocycles. The van der Waals surface area contributed by atoms with Crippen molar-refractivity contribution in [2.24, 2.45) is 5.73 Å². The Bertz CT molecular complexity index is 488. The number of rotatable bonds is 4. The lowest BCUT2D eigenvalue weighted by molar-refractivity contribution is 0.302. The Morgan fingerprint density at radius 1 is 1.29 bits per heavy atom. The molecule has 0 aliphatic rings. The molecule has 2 rings (SSSR count). The first-order valence-electron chi connectivity index (χ1n) is 5.30. The summed E-state index contributed by atoms with van der Waals surface area (Å²) in [5.74, 6) is 0.726. The molecular formula is C13H13ClN2O. The minimum absolute atomic E-state index is 0.430. The van der Waals surface area contributed by atoms with Crippen LogP contribution in [0.15, 0.2) is 42.7 Å². The number of nitrogens with two attached hydrogens (primary N) is 1. The van der Waals surface area contributed by atoms with E-state index < -0.39 is 0 Å². The highest BCUT2D eigenvalue weighted by Crippen LogP contribution is 2.23. The summed E-state index contributed by atoms with van der Waals surface area (Å²) in [7, 11) is 0. The predicted molar refractivity (Wildman–Crippen MR) is 67.9 cm³/mol. The van der Waals surface area contributed by atoms with Gasteiger partial charge in [-0.2, -0.15) is 0 Å². The van der Waals surface area contributed by atoms with Crippen LogP contribution < -0.4 is 10.5 Å². The van der Waals surface area contributed by atoms with Gasteiger partial charge in [0.2, 0.25) is 0 Å². The molecule has 2 aromatic rings. The van der Waals surface area contributed by atoms with Gasteiger partial charge in [0.25, 0.3) is 0 Å². The van der Waals surface area contributed by atoms with Crippen molar-refractivity contribution in [2.75, 3.05) is 0 Å². The van der Waals surface area contributed by atoms with Gasteiger partial charge in [0.1, 0.15) is 12.4 Å². The van der Waals surface area contributed by atoms with E-state index in [9.17, 15) is 0 Å². The molecule has 0 aliphatic carbocycles. The Morgan fingerprint density at radius 2 is 2.18 bits per heavy atom. The quantitative estimate of drug-likeness (QED) is 0.905. The number of halogens is 1. The van der Waals surface area contributed by atoms with Crippen LogP contribution in [0.2, 0.25) is 5.02 Å². The molecule has 0 saturated carbocycles. The van der Waals surface area contributed by atoms with Crippen molar-refractivity contribution in [2.45, 2.75) is 13.2 Å². The van der Waals surface area contributed by atoms with Crippen LogP contribution in [0, 0.1) is 0 Å². The Kier molecular flexibility index (Phi) is 3.96. The third-order valence-corrected chi connectivity index (χ3v) is 2.60. The lowest BCUT2D eigenvalue weighted by atomic mass is 10.2. The number of nitrogens with zero attached hydrogens (tertiary/aromatic N) is 1. The second kappa shape index (κ2) is 5.66. The molecule has 0 fully saturated rings. The van der Waals surface area contributed by atoms with Crippen LogP contribution in [0.5, 0.6) is 5.75 Å². The first-order chi connectivity index (χ1) is 8.29. The van der Waals surface area contributed by atoms with Crippen LogP contribution in [0.4, 0.5) is 0 Å². The summed E-state index contributed by atoms with van der Waals surface area (Å²) in [6.45, 7) is 0.890. The molecule has 0 bridgehead atoms. The summed E-state index contributed by atoms with van der Waals surface area (Å²) in [4.78, 5) is 4.03. The number of ether oxygens (including phenoxy) is 1. The van der Waals surface area contributed by atoms with Crippen molar-refractivity contribution in [3.05, 3.63) is 58.9 Å². The van der Waals surface area contributed by atoms with Crippen LogP contribution in [0.3, 0.4) is 0 Å². The molecule has 1 heterocycles. The first-order valence-corrected chi connectivity index (χ1v) is 5.67. The average Bonchev–Trinajstić information content (AvgIpc) is 2.38. The van der Waals surface area contributed by atoms with Crippen LogP contribution in [-0.2, 0) is 13.2 Å². The van der Waals surface area contributed by atoms with E-state index in [1.165, 1.54) is 0 Å². The standard InChI is InChI=1S/C13H13ClN2O/c14-12-4-3-11(7-15)13(6-12)17-9-10-2-1-5-16-8-10/h1-6,8H,7,9,15H2. The van der Waals surface area contributed by atoms with E-state index >= 15 is 0 Å². The highest BCUT2D eigenvalue weighted by atomic mass is 35.5. The summed E-state index contributed by atoms with van der Waals surface area (Å²) in [6.07, 6.45) is 3.50. The largest absolute Gasteiger partial charge is 0.488 e. The van der Waals surface area contributed by atoms with Crippen molar-refractivity contribution in [1.29, 1.82) is 0 Å². The van der Waals surface area contributed by atoms with E-state index in [1.807, 2.05) is 18.2 Å². The number of benzene rings is 1. The van der Waals surface area contributed by atoms with Crippen LogP contribution in [0.25, 0.3) is 0 Å². The summed E-state index contributed by atoms with van der Waals surface area (Å²) >= 11 is 5.92. The summed E-state index contributed by atoms with van der Waals surface area (Å²) in [5.41, 5.74) is 7.59. The van der Waals surface area contributed by atoms with Gasteiger partial charge in [-0.15, -0.1) is 0 Å². The number of pyridine rings is 1. The molecule has 0 radical (unpaired) electrons. The van der Waals surface area contributed by atoms with Crippen molar-refractivity contribution in [3.63, 3.8) is 0 Å². The van der Waals surface area contributed by atoms with E-state index in [2.05, 4.69) is 4.98 Å². The second-order valence-corrected chi connectivity index (χ2v) is 4.04. The Balaban J connectivity index is 2.11. The molecule has 3 nitrogen and oxygen atoms in total. The second-order valence-electron chi connectivity index (χ2n) is 3.61. The van der Waals surface area contributed by atoms with Crippen molar-refractivity contribution in [1.82, 2.24) is 4.98 Å². The molecular weight excluding hydrogens is 236 g/mol. The minimum atomic E-state index is 0.430. The average molecular weight is 249 g/mol. The number of hydrogen-bond donors (Lipinski definition) is 1. The van der Waals surface area contributed by atoms with E-state index in [1.54, 1.807) is 24.5 Å². The molecule has 0 unspecified atom stereocenters. The molecule has 17 heavy (non-hydrogen) atoms. The fourth-order valence-corrected chi connectivity index (χ4v) is 1.64. The van der Waals surface area contributed by atoms with E-state index in [0.29, 0.717) is 18.2 Å². The summed E-state index contributed by atoms with van der Waals surface area (Å²) < 4.78 is 5.69. The van der Waals surface area contributed by atoms with Gasteiger partial charge < -0.3 is 10.5 Å². The predicted octanol–water partition coefficient (Wildman–Crippen LogP) is 2.77. The van der Waals surface area contributed by atoms with Crippen LogP contribution in [-0.4, -0.2) is 4.98 Å². The van der Waals surface area contributed by atoms with Gasteiger partial charge in [-0.3, -0.25) is 4.98 Å². The monoisotopic (exact) mass is 248 g/mol. The lowest BCUT2D eigenvalue weighted by Crippen LogP contribution is -2.02. The smallest absolute Gasteiger partial charge is 0.125 e. The van der Waals surface area contributed by atoms with Crippen LogP contribution >= 0.6 is 11.6 Å². The summed E-state index contributed by atoms with van der Waals surface area (Å²) in [5, 5.41) is 0.642. The fourth-order valence-electron chi connectivity index (χ4n) is 1.48. The number of hydrogen-bond acceptors (Lipinski definition) is 3. The molecule has 2 N–H and O–H groups in total. The maximum Gasteiger partial charge on any atom is 0.125 e. The molecule has 4 heteroatoms. The van der Waals surface area contributed by atoms with E-state index in [-0.39, 0.29) is 0 Å². The third-order valence-electron chi connectivity index (χ3n) is 2.37. The SMILES string of the molecule is NCc1ccc(Cl)cc1OCc1cccnc1. The first kappa shape index (κ1) is 11.9.